The van der Waals surface area contributed by atoms with Crippen LogP contribution in [0.1, 0.15) is 34.1 Å². The predicted octanol–water partition coefficient (Wildman–Crippen LogP) is 2.15. The topological polar surface area (TPSA) is 43.4 Å². The highest BCUT2D eigenvalue weighted by Gasteiger charge is 2.29. The lowest BCUT2D eigenvalue weighted by atomic mass is 9.97. The van der Waals surface area contributed by atoms with Gasteiger partial charge in [-0.1, -0.05) is 0 Å². The number of thiol groups is 2. The Kier molecular flexibility index (Phi) is 6.48. The summed E-state index contributed by atoms with van der Waals surface area (Å²) in [6.07, 6.45) is -0.0417. The summed E-state index contributed by atoms with van der Waals surface area (Å²) in [5, 5.41) is 0. The molecule has 0 aromatic carbocycles. The summed E-state index contributed by atoms with van der Waals surface area (Å²) in [5.74, 6) is -0.614. The molecule has 16 heavy (non-hydrogen) atoms. The molecule has 0 spiro atoms. The van der Waals surface area contributed by atoms with Gasteiger partial charge in [0.15, 0.2) is 0 Å². The van der Waals surface area contributed by atoms with Gasteiger partial charge >= 0.3 is 5.97 Å². The van der Waals surface area contributed by atoms with Crippen LogP contribution < -0.4 is 0 Å². The van der Waals surface area contributed by atoms with Gasteiger partial charge in [0.2, 0.25) is 0 Å². The standard InChI is InChI=1S/C11H20O3S2/c1-7(2)14-10(13)8(6-15)5-9(12)11(3,4)16/h7-8,15-16H,5-6H2,1-4H3/t8-/m0/s1. The molecule has 1 atom stereocenters. The molecule has 0 saturated carbocycles. The first-order valence-corrected chi connectivity index (χ1v) is 6.33. The number of esters is 1. The van der Waals surface area contributed by atoms with E-state index in [9.17, 15) is 9.59 Å². The lowest BCUT2D eigenvalue weighted by Crippen LogP contribution is -2.31. The van der Waals surface area contributed by atoms with Crippen LogP contribution in [-0.4, -0.2) is 28.4 Å². The zero-order valence-corrected chi connectivity index (χ0v) is 12.0. The van der Waals surface area contributed by atoms with Gasteiger partial charge in [0.25, 0.3) is 0 Å². The largest absolute Gasteiger partial charge is 0.463 e. The highest BCUT2D eigenvalue weighted by atomic mass is 32.1. The van der Waals surface area contributed by atoms with E-state index in [1.54, 1.807) is 27.7 Å². The number of Topliss-reactive ketones (excluding diaryl/α,β-unsaturated/α-hetero) is 1. The van der Waals surface area contributed by atoms with E-state index in [2.05, 4.69) is 25.3 Å². The molecule has 0 fully saturated rings. The van der Waals surface area contributed by atoms with Crippen molar-refractivity contribution in [2.75, 3.05) is 5.75 Å². The van der Waals surface area contributed by atoms with Crippen LogP contribution in [0, 0.1) is 5.92 Å². The van der Waals surface area contributed by atoms with Gasteiger partial charge in [0.05, 0.1) is 16.8 Å². The van der Waals surface area contributed by atoms with Crippen molar-refractivity contribution in [3.05, 3.63) is 0 Å². The van der Waals surface area contributed by atoms with Gasteiger partial charge in [-0.15, -0.1) is 0 Å². The summed E-state index contributed by atoms with van der Waals surface area (Å²) in [7, 11) is 0. The molecule has 0 saturated heterocycles. The lowest BCUT2D eigenvalue weighted by Gasteiger charge is -2.20. The van der Waals surface area contributed by atoms with E-state index in [-0.39, 0.29) is 24.3 Å². The molecule has 0 amide bonds. The molecule has 94 valence electrons. The summed E-state index contributed by atoms with van der Waals surface area (Å²) < 4.78 is 4.33. The summed E-state index contributed by atoms with van der Waals surface area (Å²) in [5.41, 5.74) is 0. The van der Waals surface area contributed by atoms with E-state index >= 15 is 0 Å². The fourth-order valence-electron chi connectivity index (χ4n) is 1.02. The minimum atomic E-state index is -0.723. The fraction of sp³-hybridized carbons (Fsp3) is 0.818. The number of rotatable bonds is 6. The van der Waals surface area contributed by atoms with Crippen LogP contribution in [0.4, 0.5) is 0 Å². The van der Waals surface area contributed by atoms with Gasteiger partial charge in [-0.05, 0) is 27.7 Å². The molecule has 0 N–H and O–H groups in total. The Labute approximate surface area is 108 Å². The van der Waals surface area contributed by atoms with E-state index in [1.165, 1.54) is 0 Å². The third-order valence-electron chi connectivity index (χ3n) is 2.02. The van der Waals surface area contributed by atoms with E-state index < -0.39 is 10.7 Å². The van der Waals surface area contributed by atoms with Crippen LogP contribution in [0.2, 0.25) is 0 Å². The van der Waals surface area contributed by atoms with Crippen molar-refractivity contribution in [3.8, 4) is 0 Å². The van der Waals surface area contributed by atoms with Gasteiger partial charge < -0.3 is 4.74 Å². The highest BCUT2D eigenvalue weighted by Crippen LogP contribution is 2.20. The van der Waals surface area contributed by atoms with E-state index in [0.717, 1.165) is 0 Å². The quantitative estimate of drug-likeness (QED) is 0.571. The van der Waals surface area contributed by atoms with Crippen molar-refractivity contribution in [1.82, 2.24) is 0 Å². The Hall–Kier alpha value is -0.160. The highest BCUT2D eigenvalue weighted by molar-refractivity contribution is 7.82. The minimum absolute atomic E-state index is 0.0735. The van der Waals surface area contributed by atoms with Gasteiger partial charge in [-0.3, -0.25) is 9.59 Å². The monoisotopic (exact) mass is 264 g/mol. The molecule has 0 aromatic heterocycles. The summed E-state index contributed by atoms with van der Waals surface area (Å²) >= 11 is 8.24. The Bertz CT molecular complexity index is 256. The molecule has 5 heteroatoms. The number of hydrogen-bond donors (Lipinski definition) is 2. The second-order valence-corrected chi connectivity index (χ2v) is 6.03. The molecule has 0 bridgehead atoms. The van der Waals surface area contributed by atoms with Gasteiger partial charge in [-0.25, -0.2) is 0 Å². The minimum Gasteiger partial charge on any atom is -0.463 e. The zero-order chi connectivity index (χ0) is 12.9. The van der Waals surface area contributed by atoms with Crippen LogP contribution in [-0.2, 0) is 14.3 Å². The first-order chi connectivity index (χ1) is 7.18. The average molecular weight is 264 g/mol. The molecular weight excluding hydrogens is 244 g/mol. The lowest BCUT2D eigenvalue weighted by molar-refractivity contribution is -0.153. The Morgan fingerprint density at radius 1 is 1.31 bits per heavy atom. The van der Waals surface area contributed by atoms with Crippen molar-refractivity contribution >= 4 is 37.0 Å². The van der Waals surface area contributed by atoms with Gasteiger partial charge in [0, 0.05) is 12.2 Å². The number of ketones is 1. The van der Waals surface area contributed by atoms with Gasteiger partial charge in [-0.2, -0.15) is 25.3 Å². The number of ether oxygens (including phenoxy) is 1. The zero-order valence-electron chi connectivity index (χ0n) is 10.2. The maximum absolute atomic E-state index is 11.7. The van der Waals surface area contributed by atoms with Crippen molar-refractivity contribution in [1.29, 1.82) is 0 Å². The molecule has 0 heterocycles. The summed E-state index contributed by atoms with van der Waals surface area (Å²) in [4.78, 5) is 23.3. The Morgan fingerprint density at radius 2 is 1.81 bits per heavy atom. The third kappa shape index (κ3) is 5.80. The average Bonchev–Trinajstić information content (AvgIpc) is 2.10. The number of carbonyl (C=O) groups excluding carboxylic acids is 2. The molecule has 0 aliphatic carbocycles. The predicted molar refractivity (Wildman–Crippen MR) is 71.3 cm³/mol. The van der Waals surface area contributed by atoms with Crippen molar-refractivity contribution in [3.63, 3.8) is 0 Å². The summed E-state index contributed by atoms with van der Waals surface area (Å²) in [6, 6.07) is 0. The smallest absolute Gasteiger partial charge is 0.310 e. The second kappa shape index (κ2) is 6.55. The molecule has 0 aliphatic heterocycles. The van der Waals surface area contributed by atoms with Crippen LogP contribution in [0.15, 0.2) is 0 Å². The molecular formula is C11H20O3S2. The third-order valence-corrected chi connectivity index (χ3v) is 2.71. The molecule has 0 aliphatic rings. The van der Waals surface area contributed by atoms with Crippen molar-refractivity contribution in [2.45, 2.75) is 45.0 Å². The Morgan fingerprint density at radius 3 is 2.12 bits per heavy atom. The Balaban J connectivity index is 4.42. The molecule has 0 radical (unpaired) electrons. The first kappa shape index (κ1) is 15.8. The van der Waals surface area contributed by atoms with E-state index in [4.69, 9.17) is 4.74 Å². The molecule has 0 rings (SSSR count). The van der Waals surface area contributed by atoms with Crippen molar-refractivity contribution < 1.29 is 14.3 Å². The number of carbonyl (C=O) groups is 2. The van der Waals surface area contributed by atoms with Crippen LogP contribution in [0.3, 0.4) is 0 Å². The fourth-order valence-corrected chi connectivity index (χ4v) is 1.39. The first-order valence-electron chi connectivity index (χ1n) is 5.25. The maximum Gasteiger partial charge on any atom is 0.310 e. The van der Waals surface area contributed by atoms with Gasteiger partial charge in [0.1, 0.15) is 5.78 Å². The van der Waals surface area contributed by atoms with E-state index in [1.807, 2.05) is 0 Å². The van der Waals surface area contributed by atoms with Crippen LogP contribution >= 0.6 is 25.3 Å². The normalized spacial score (nSPS) is 13.7. The number of hydrogen-bond acceptors (Lipinski definition) is 5. The summed E-state index contributed by atoms with van der Waals surface area (Å²) in [6.45, 7) is 6.97. The van der Waals surface area contributed by atoms with Crippen LogP contribution in [0.5, 0.6) is 0 Å². The van der Waals surface area contributed by atoms with Crippen molar-refractivity contribution in [2.24, 2.45) is 5.92 Å². The maximum atomic E-state index is 11.7. The molecule has 3 nitrogen and oxygen atoms in total. The van der Waals surface area contributed by atoms with E-state index in [0.29, 0.717) is 5.75 Å². The van der Waals surface area contributed by atoms with Crippen LogP contribution in [0.25, 0.3) is 0 Å². The second-order valence-electron chi connectivity index (χ2n) is 4.55. The molecule has 0 aromatic rings. The molecule has 0 unspecified atom stereocenters. The SMILES string of the molecule is CC(C)OC(=O)[C@H](CS)CC(=O)C(C)(C)S.